The Kier molecular flexibility index (Phi) is 4.44. The Balaban J connectivity index is 1.54. The van der Waals surface area contributed by atoms with Crippen molar-refractivity contribution in [3.63, 3.8) is 0 Å². The first-order valence-corrected chi connectivity index (χ1v) is 7.89. The van der Waals surface area contributed by atoms with Crippen LogP contribution < -0.4 is 5.32 Å². The van der Waals surface area contributed by atoms with Crippen molar-refractivity contribution in [1.82, 2.24) is 5.32 Å². The highest BCUT2D eigenvalue weighted by molar-refractivity contribution is 5.91. The number of hydrogen-bond donors (Lipinski definition) is 2. The predicted octanol–water partition coefficient (Wildman–Crippen LogP) is 3.10. The lowest BCUT2D eigenvalue weighted by Crippen LogP contribution is -2.35. The summed E-state index contributed by atoms with van der Waals surface area (Å²) in [5.74, 6) is -0.333. The van der Waals surface area contributed by atoms with Gasteiger partial charge in [-0.25, -0.2) is 4.39 Å². The van der Waals surface area contributed by atoms with Gasteiger partial charge in [0.15, 0.2) is 0 Å². The summed E-state index contributed by atoms with van der Waals surface area (Å²) in [5, 5.41) is 13.0. The van der Waals surface area contributed by atoms with E-state index in [-0.39, 0.29) is 11.7 Å². The van der Waals surface area contributed by atoms with Crippen molar-refractivity contribution < 1.29 is 14.3 Å². The summed E-state index contributed by atoms with van der Waals surface area (Å²) in [6, 6.07) is 15.5. The van der Waals surface area contributed by atoms with E-state index >= 15 is 0 Å². The van der Waals surface area contributed by atoms with Crippen molar-refractivity contribution in [3.05, 3.63) is 71.5 Å². The molecule has 0 bridgehead atoms. The van der Waals surface area contributed by atoms with Crippen LogP contribution >= 0.6 is 0 Å². The molecule has 4 heteroatoms. The zero-order chi connectivity index (χ0) is 16.3. The molecule has 0 aromatic heterocycles. The van der Waals surface area contributed by atoms with E-state index in [9.17, 15) is 14.3 Å². The minimum atomic E-state index is -0.586. The Hall–Kier alpha value is -2.20. The lowest BCUT2D eigenvalue weighted by atomic mass is 9.95. The van der Waals surface area contributed by atoms with E-state index in [1.165, 1.54) is 12.1 Å². The van der Waals surface area contributed by atoms with Crippen LogP contribution in [0.4, 0.5) is 4.39 Å². The molecule has 1 amide bonds. The molecule has 1 atom stereocenters. The minimum Gasteiger partial charge on any atom is -0.388 e. The molecule has 3 rings (SSSR count). The third-order valence-electron chi connectivity index (χ3n) is 4.47. The van der Waals surface area contributed by atoms with Gasteiger partial charge in [0.05, 0.1) is 11.5 Å². The van der Waals surface area contributed by atoms with Gasteiger partial charge in [-0.2, -0.15) is 0 Å². The molecule has 0 spiro atoms. The molecule has 1 aliphatic carbocycles. The predicted molar refractivity (Wildman–Crippen MR) is 86.3 cm³/mol. The van der Waals surface area contributed by atoms with E-state index in [2.05, 4.69) is 5.32 Å². The standard InChI is InChI=1S/C19H20FNO2/c20-16-8-6-15(7-9-16)19(11-12-19)18(23)21-13-10-17(22)14-4-2-1-3-5-14/h1-9,17,22H,10-13H2,(H,21,23). The molecule has 0 aliphatic heterocycles. The third-order valence-corrected chi connectivity index (χ3v) is 4.47. The number of aliphatic hydroxyl groups excluding tert-OH is 1. The van der Waals surface area contributed by atoms with Crippen LogP contribution in [0.25, 0.3) is 0 Å². The molecule has 0 heterocycles. The number of carbonyl (C=O) groups excluding carboxylic acids is 1. The molecule has 2 aromatic rings. The maximum Gasteiger partial charge on any atom is 0.230 e. The van der Waals surface area contributed by atoms with Crippen LogP contribution in [0, 0.1) is 5.82 Å². The molecule has 1 fully saturated rings. The number of halogens is 1. The number of rotatable bonds is 6. The van der Waals surface area contributed by atoms with E-state index in [1.54, 1.807) is 12.1 Å². The monoisotopic (exact) mass is 313 g/mol. The fourth-order valence-electron chi connectivity index (χ4n) is 2.87. The molecule has 1 saturated carbocycles. The normalized spacial score (nSPS) is 16.6. The van der Waals surface area contributed by atoms with Crippen LogP contribution in [0.3, 0.4) is 0 Å². The first-order valence-electron chi connectivity index (χ1n) is 7.89. The Labute approximate surface area is 135 Å². The van der Waals surface area contributed by atoms with Crippen LogP contribution in [0.5, 0.6) is 0 Å². The van der Waals surface area contributed by atoms with Crippen LogP contribution in [0.2, 0.25) is 0 Å². The maximum absolute atomic E-state index is 13.0. The van der Waals surface area contributed by atoms with Gasteiger partial charge in [0.25, 0.3) is 0 Å². The molecule has 2 N–H and O–H groups in total. The number of hydrogen-bond acceptors (Lipinski definition) is 2. The smallest absolute Gasteiger partial charge is 0.230 e. The van der Waals surface area contributed by atoms with Crippen molar-refractivity contribution in [2.75, 3.05) is 6.54 Å². The number of nitrogens with one attached hydrogen (secondary N) is 1. The van der Waals surface area contributed by atoms with E-state index in [0.717, 1.165) is 24.0 Å². The Bertz CT molecular complexity index is 666. The van der Waals surface area contributed by atoms with Crippen molar-refractivity contribution in [1.29, 1.82) is 0 Å². The molecule has 0 saturated heterocycles. The molecular weight excluding hydrogens is 293 g/mol. The van der Waals surface area contributed by atoms with Crippen molar-refractivity contribution in [2.24, 2.45) is 0 Å². The highest BCUT2D eigenvalue weighted by Gasteiger charge is 2.51. The Morgan fingerprint density at radius 2 is 1.78 bits per heavy atom. The van der Waals surface area contributed by atoms with Gasteiger partial charge in [0.1, 0.15) is 5.82 Å². The third kappa shape index (κ3) is 3.42. The lowest BCUT2D eigenvalue weighted by Gasteiger charge is -2.17. The second kappa shape index (κ2) is 6.50. The topological polar surface area (TPSA) is 49.3 Å². The quantitative estimate of drug-likeness (QED) is 0.861. The molecule has 0 radical (unpaired) electrons. The first-order chi connectivity index (χ1) is 11.1. The van der Waals surface area contributed by atoms with Gasteiger partial charge in [-0.05, 0) is 42.5 Å². The molecule has 23 heavy (non-hydrogen) atoms. The van der Waals surface area contributed by atoms with Crippen molar-refractivity contribution in [2.45, 2.75) is 30.8 Å². The van der Waals surface area contributed by atoms with Gasteiger partial charge < -0.3 is 10.4 Å². The summed E-state index contributed by atoms with van der Waals surface area (Å²) in [6.07, 6.45) is 1.45. The molecule has 2 aromatic carbocycles. The summed E-state index contributed by atoms with van der Waals surface area (Å²) in [6.45, 7) is 0.415. The Morgan fingerprint density at radius 3 is 2.39 bits per heavy atom. The Morgan fingerprint density at radius 1 is 1.13 bits per heavy atom. The fourth-order valence-corrected chi connectivity index (χ4v) is 2.87. The van der Waals surface area contributed by atoms with E-state index in [4.69, 9.17) is 0 Å². The SMILES string of the molecule is O=C(NCCC(O)c1ccccc1)C1(c2ccc(F)cc2)CC1. The van der Waals surface area contributed by atoms with Crippen molar-refractivity contribution in [3.8, 4) is 0 Å². The average Bonchev–Trinajstić information content (AvgIpc) is 3.38. The molecule has 1 aliphatic rings. The molecular formula is C19H20FNO2. The van der Waals surface area contributed by atoms with Gasteiger partial charge >= 0.3 is 0 Å². The largest absolute Gasteiger partial charge is 0.388 e. The maximum atomic E-state index is 13.0. The van der Waals surface area contributed by atoms with Gasteiger partial charge in [-0.3, -0.25) is 4.79 Å². The highest BCUT2D eigenvalue weighted by atomic mass is 19.1. The summed E-state index contributed by atoms with van der Waals surface area (Å²) >= 11 is 0. The van der Waals surface area contributed by atoms with E-state index < -0.39 is 11.5 Å². The number of benzene rings is 2. The zero-order valence-corrected chi connectivity index (χ0v) is 12.8. The molecule has 3 nitrogen and oxygen atoms in total. The van der Waals surface area contributed by atoms with Gasteiger partial charge in [-0.15, -0.1) is 0 Å². The van der Waals surface area contributed by atoms with Crippen molar-refractivity contribution >= 4 is 5.91 Å². The molecule has 120 valence electrons. The summed E-state index contributed by atoms with van der Waals surface area (Å²) in [7, 11) is 0. The van der Waals surface area contributed by atoms with E-state index in [1.807, 2.05) is 30.3 Å². The van der Waals surface area contributed by atoms with Gasteiger partial charge in [-0.1, -0.05) is 42.5 Å². The number of carbonyl (C=O) groups is 1. The van der Waals surface area contributed by atoms with Crippen LogP contribution in [-0.2, 0) is 10.2 Å². The van der Waals surface area contributed by atoms with E-state index in [0.29, 0.717) is 13.0 Å². The van der Waals surface area contributed by atoms with Gasteiger partial charge in [0.2, 0.25) is 5.91 Å². The summed E-state index contributed by atoms with van der Waals surface area (Å²) in [4.78, 5) is 12.4. The first kappa shape index (κ1) is 15.7. The summed E-state index contributed by atoms with van der Waals surface area (Å²) < 4.78 is 13.0. The van der Waals surface area contributed by atoms with Crippen LogP contribution in [0.15, 0.2) is 54.6 Å². The number of aliphatic hydroxyl groups is 1. The average molecular weight is 313 g/mol. The number of amides is 1. The van der Waals surface area contributed by atoms with Crippen LogP contribution in [-0.4, -0.2) is 17.6 Å². The lowest BCUT2D eigenvalue weighted by molar-refractivity contribution is -0.123. The molecule has 1 unspecified atom stereocenters. The highest BCUT2D eigenvalue weighted by Crippen LogP contribution is 2.48. The fraction of sp³-hybridized carbons (Fsp3) is 0.316. The second-order valence-corrected chi connectivity index (χ2v) is 6.06. The second-order valence-electron chi connectivity index (χ2n) is 6.06. The van der Waals surface area contributed by atoms with Gasteiger partial charge in [0, 0.05) is 6.54 Å². The zero-order valence-electron chi connectivity index (χ0n) is 12.8. The van der Waals surface area contributed by atoms with Crippen LogP contribution in [0.1, 0.15) is 36.5 Å². The summed E-state index contributed by atoms with van der Waals surface area (Å²) in [5.41, 5.74) is 1.20. The minimum absolute atomic E-state index is 0.0376.